The van der Waals surface area contributed by atoms with E-state index in [0.29, 0.717) is 12.0 Å². The zero-order chi connectivity index (χ0) is 10.0. The standard InChI is InChI=1S/C11H20N2/c1-9-8-10(12(2)3)6-7-11(9)13(4)5/h6-9,11H,1-5H3. The summed E-state index contributed by atoms with van der Waals surface area (Å²) in [7, 11) is 8.41. The highest BCUT2D eigenvalue weighted by Crippen LogP contribution is 2.20. The van der Waals surface area contributed by atoms with Crippen LogP contribution < -0.4 is 0 Å². The van der Waals surface area contributed by atoms with Gasteiger partial charge in [-0.25, -0.2) is 0 Å². The maximum absolute atomic E-state index is 2.32. The van der Waals surface area contributed by atoms with Crippen molar-refractivity contribution >= 4 is 0 Å². The molecule has 1 rings (SSSR count). The van der Waals surface area contributed by atoms with E-state index in [1.54, 1.807) is 0 Å². The maximum Gasteiger partial charge on any atom is 0.0336 e. The van der Waals surface area contributed by atoms with Gasteiger partial charge in [-0.2, -0.15) is 0 Å². The first-order valence-corrected chi connectivity index (χ1v) is 4.76. The van der Waals surface area contributed by atoms with Crippen LogP contribution >= 0.6 is 0 Å². The Hall–Kier alpha value is -0.760. The van der Waals surface area contributed by atoms with Gasteiger partial charge in [-0.1, -0.05) is 19.1 Å². The maximum atomic E-state index is 2.32. The number of nitrogens with zero attached hydrogens (tertiary/aromatic N) is 2. The third kappa shape index (κ3) is 2.34. The molecule has 0 aromatic rings. The third-order valence-corrected chi connectivity index (χ3v) is 2.55. The highest BCUT2D eigenvalue weighted by Gasteiger charge is 2.18. The molecule has 0 N–H and O–H groups in total. The van der Waals surface area contributed by atoms with Crippen LogP contribution in [0.5, 0.6) is 0 Å². The molecule has 1 aliphatic rings. The highest BCUT2D eigenvalue weighted by molar-refractivity contribution is 5.25. The summed E-state index contributed by atoms with van der Waals surface area (Å²) in [6, 6.07) is 0.545. The topological polar surface area (TPSA) is 6.48 Å². The molecule has 0 bridgehead atoms. The normalized spacial score (nSPS) is 27.7. The summed E-state index contributed by atoms with van der Waals surface area (Å²) in [5.41, 5.74) is 1.31. The molecule has 2 atom stereocenters. The monoisotopic (exact) mass is 180 g/mol. The van der Waals surface area contributed by atoms with Crippen LogP contribution in [0.15, 0.2) is 23.9 Å². The Labute approximate surface area is 81.5 Å². The second-order valence-corrected chi connectivity index (χ2v) is 4.16. The highest BCUT2D eigenvalue weighted by atomic mass is 15.1. The zero-order valence-corrected chi connectivity index (χ0v) is 9.28. The Morgan fingerprint density at radius 1 is 1.15 bits per heavy atom. The molecular formula is C11H20N2. The lowest BCUT2D eigenvalue weighted by atomic mass is 9.94. The van der Waals surface area contributed by atoms with E-state index >= 15 is 0 Å². The van der Waals surface area contributed by atoms with E-state index in [1.807, 2.05) is 0 Å². The summed E-state index contributed by atoms with van der Waals surface area (Å²) in [4.78, 5) is 4.41. The lowest BCUT2D eigenvalue weighted by Gasteiger charge is -2.30. The number of hydrogen-bond acceptors (Lipinski definition) is 2. The molecule has 13 heavy (non-hydrogen) atoms. The van der Waals surface area contributed by atoms with Crippen LogP contribution in [0.4, 0.5) is 0 Å². The fourth-order valence-electron chi connectivity index (χ4n) is 1.74. The Kier molecular flexibility index (Phi) is 3.15. The minimum atomic E-state index is 0.545. The van der Waals surface area contributed by atoms with Crippen LogP contribution in [0.25, 0.3) is 0 Å². The Morgan fingerprint density at radius 3 is 2.15 bits per heavy atom. The Balaban J connectivity index is 2.73. The van der Waals surface area contributed by atoms with Crippen LogP contribution in [-0.2, 0) is 0 Å². The van der Waals surface area contributed by atoms with Gasteiger partial charge >= 0.3 is 0 Å². The SMILES string of the molecule is CC1C=C(N(C)C)C=CC1N(C)C. The van der Waals surface area contributed by atoms with E-state index in [0.717, 1.165) is 0 Å². The average molecular weight is 180 g/mol. The minimum Gasteiger partial charge on any atom is -0.378 e. The Bertz CT molecular complexity index is 226. The summed E-state index contributed by atoms with van der Waals surface area (Å²) in [6.45, 7) is 2.26. The van der Waals surface area contributed by atoms with Crippen molar-refractivity contribution in [1.82, 2.24) is 9.80 Å². The second-order valence-electron chi connectivity index (χ2n) is 4.16. The van der Waals surface area contributed by atoms with Gasteiger partial charge in [0.1, 0.15) is 0 Å². The van der Waals surface area contributed by atoms with Crippen molar-refractivity contribution in [3.8, 4) is 0 Å². The molecule has 2 unspecified atom stereocenters. The molecule has 0 aliphatic heterocycles. The van der Waals surface area contributed by atoms with Crippen molar-refractivity contribution in [1.29, 1.82) is 0 Å². The molecule has 0 saturated heterocycles. The van der Waals surface area contributed by atoms with E-state index < -0.39 is 0 Å². The van der Waals surface area contributed by atoms with Crippen LogP contribution in [0.3, 0.4) is 0 Å². The van der Waals surface area contributed by atoms with Gasteiger partial charge in [-0.3, -0.25) is 0 Å². The molecule has 0 aromatic heterocycles. The van der Waals surface area contributed by atoms with E-state index in [-0.39, 0.29) is 0 Å². The van der Waals surface area contributed by atoms with Crippen LogP contribution in [0.1, 0.15) is 6.92 Å². The zero-order valence-electron chi connectivity index (χ0n) is 9.28. The van der Waals surface area contributed by atoms with E-state index in [1.165, 1.54) is 5.70 Å². The molecule has 0 fully saturated rings. The van der Waals surface area contributed by atoms with Crippen LogP contribution in [0, 0.1) is 5.92 Å². The smallest absolute Gasteiger partial charge is 0.0336 e. The predicted molar refractivity (Wildman–Crippen MR) is 57.5 cm³/mol. The summed E-state index contributed by atoms with van der Waals surface area (Å²) >= 11 is 0. The number of allylic oxidation sites excluding steroid dienone is 1. The van der Waals surface area contributed by atoms with Crippen molar-refractivity contribution in [2.75, 3.05) is 28.2 Å². The fourth-order valence-corrected chi connectivity index (χ4v) is 1.74. The van der Waals surface area contributed by atoms with Crippen molar-refractivity contribution < 1.29 is 0 Å². The van der Waals surface area contributed by atoms with E-state index in [9.17, 15) is 0 Å². The number of rotatable bonds is 2. The van der Waals surface area contributed by atoms with Crippen molar-refractivity contribution in [2.24, 2.45) is 5.92 Å². The first kappa shape index (κ1) is 10.3. The molecule has 0 aromatic carbocycles. The number of likely N-dealkylation sites (N-methyl/N-ethyl adjacent to an activating group) is 2. The molecule has 0 spiro atoms. The van der Waals surface area contributed by atoms with Crippen molar-refractivity contribution in [3.63, 3.8) is 0 Å². The van der Waals surface area contributed by atoms with Gasteiger partial charge in [0.05, 0.1) is 0 Å². The fraction of sp³-hybridized carbons (Fsp3) is 0.636. The first-order chi connectivity index (χ1) is 6.02. The van der Waals surface area contributed by atoms with Gasteiger partial charge in [-0.15, -0.1) is 0 Å². The molecule has 2 heteroatoms. The molecular weight excluding hydrogens is 160 g/mol. The minimum absolute atomic E-state index is 0.545. The molecule has 0 amide bonds. The molecule has 0 saturated carbocycles. The van der Waals surface area contributed by atoms with Crippen molar-refractivity contribution in [2.45, 2.75) is 13.0 Å². The lowest BCUT2D eigenvalue weighted by Crippen LogP contribution is -2.33. The molecule has 0 heterocycles. The molecule has 2 nitrogen and oxygen atoms in total. The molecule has 74 valence electrons. The largest absolute Gasteiger partial charge is 0.378 e. The third-order valence-electron chi connectivity index (χ3n) is 2.55. The Morgan fingerprint density at radius 2 is 1.77 bits per heavy atom. The lowest BCUT2D eigenvalue weighted by molar-refractivity contribution is 0.290. The van der Waals surface area contributed by atoms with Gasteiger partial charge in [-0.05, 0) is 26.1 Å². The van der Waals surface area contributed by atoms with Gasteiger partial charge < -0.3 is 9.80 Å². The van der Waals surface area contributed by atoms with Gasteiger partial charge in [0.2, 0.25) is 0 Å². The van der Waals surface area contributed by atoms with Crippen molar-refractivity contribution in [3.05, 3.63) is 23.9 Å². The van der Waals surface area contributed by atoms with Gasteiger partial charge in [0.25, 0.3) is 0 Å². The molecule has 0 radical (unpaired) electrons. The molecule has 1 aliphatic carbocycles. The van der Waals surface area contributed by atoms with Crippen LogP contribution in [0.2, 0.25) is 0 Å². The first-order valence-electron chi connectivity index (χ1n) is 4.76. The summed E-state index contributed by atoms with van der Waals surface area (Å²) in [6.07, 6.45) is 6.80. The average Bonchev–Trinajstić information content (AvgIpc) is 2.03. The van der Waals surface area contributed by atoms with Crippen LogP contribution in [-0.4, -0.2) is 44.0 Å². The predicted octanol–water partition coefficient (Wildman–Crippen LogP) is 1.57. The second kappa shape index (κ2) is 3.97. The quantitative estimate of drug-likeness (QED) is 0.636. The summed E-state index contributed by atoms with van der Waals surface area (Å²) in [5.74, 6) is 0.595. The summed E-state index contributed by atoms with van der Waals surface area (Å²) in [5, 5.41) is 0. The summed E-state index contributed by atoms with van der Waals surface area (Å²) < 4.78 is 0. The van der Waals surface area contributed by atoms with Gasteiger partial charge in [0, 0.05) is 25.8 Å². The van der Waals surface area contributed by atoms with E-state index in [2.05, 4.69) is 63.1 Å². The van der Waals surface area contributed by atoms with E-state index in [4.69, 9.17) is 0 Å². The van der Waals surface area contributed by atoms with Gasteiger partial charge in [0.15, 0.2) is 0 Å². The number of hydrogen-bond donors (Lipinski definition) is 0.